The molecule has 1 amide bonds. The lowest BCUT2D eigenvalue weighted by molar-refractivity contribution is -0.385. The molecule has 0 fully saturated rings. The number of benzene rings is 2. The Labute approximate surface area is 153 Å². The Balaban J connectivity index is 1.87. The Kier molecular flexibility index (Phi) is 4.81. The summed E-state index contributed by atoms with van der Waals surface area (Å²) in [7, 11) is 1.53. The molecule has 1 unspecified atom stereocenters. The molecular formula is C19H17FN2O5. The van der Waals surface area contributed by atoms with E-state index in [4.69, 9.17) is 9.15 Å². The third kappa shape index (κ3) is 3.46. The Bertz CT molecular complexity index is 1040. The second-order valence-electron chi connectivity index (χ2n) is 6.08. The van der Waals surface area contributed by atoms with Crippen molar-refractivity contribution in [1.29, 1.82) is 0 Å². The SMILES string of the molecule is COc1cccc2cc(C(C)NC(=O)c3cc(F)c(C)c([N+](=O)[O-])c3)oc12. The Morgan fingerprint density at radius 2 is 2.07 bits per heavy atom. The highest BCUT2D eigenvalue weighted by molar-refractivity contribution is 5.95. The first-order valence-corrected chi connectivity index (χ1v) is 8.13. The molecule has 0 aliphatic rings. The number of nitro groups is 1. The summed E-state index contributed by atoms with van der Waals surface area (Å²) in [6.45, 7) is 2.99. The van der Waals surface area contributed by atoms with E-state index in [2.05, 4.69) is 5.32 Å². The number of halogens is 1. The molecule has 1 N–H and O–H groups in total. The maximum absolute atomic E-state index is 13.9. The number of para-hydroxylation sites is 1. The lowest BCUT2D eigenvalue weighted by Gasteiger charge is -2.12. The predicted octanol–water partition coefficient (Wildman–Crippen LogP) is 4.29. The Hall–Kier alpha value is -3.42. The van der Waals surface area contributed by atoms with Crippen LogP contribution in [-0.4, -0.2) is 17.9 Å². The van der Waals surface area contributed by atoms with Crippen molar-refractivity contribution in [2.75, 3.05) is 7.11 Å². The van der Waals surface area contributed by atoms with Gasteiger partial charge in [-0.25, -0.2) is 4.39 Å². The number of nitrogens with zero attached hydrogens (tertiary/aromatic N) is 1. The summed E-state index contributed by atoms with van der Waals surface area (Å²) in [5.41, 5.74) is -0.145. The molecule has 0 saturated heterocycles. The van der Waals surface area contributed by atoms with Crippen molar-refractivity contribution < 1.29 is 23.3 Å². The number of rotatable bonds is 5. The quantitative estimate of drug-likeness (QED) is 0.533. The molecule has 8 heteroatoms. The minimum atomic E-state index is -0.810. The summed E-state index contributed by atoms with van der Waals surface area (Å²) in [6, 6.07) is 8.68. The highest BCUT2D eigenvalue weighted by Gasteiger charge is 2.22. The first-order valence-electron chi connectivity index (χ1n) is 8.13. The van der Waals surface area contributed by atoms with Gasteiger partial charge in [-0.2, -0.15) is 0 Å². The van der Waals surface area contributed by atoms with Crippen LogP contribution in [0.15, 0.2) is 40.8 Å². The van der Waals surface area contributed by atoms with Crippen LogP contribution in [0.5, 0.6) is 5.75 Å². The number of fused-ring (bicyclic) bond motifs is 1. The molecule has 0 radical (unpaired) electrons. The van der Waals surface area contributed by atoms with Crippen molar-refractivity contribution in [2.24, 2.45) is 0 Å². The van der Waals surface area contributed by atoms with Crippen LogP contribution in [-0.2, 0) is 0 Å². The number of carbonyl (C=O) groups is 1. The minimum Gasteiger partial charge on any atom is -0.493 e. The zero-order valence-corrected chi connectivity index (χ0v) is 14.9. The number of ether oxygens (including phenoxy) is 1. The zero-order valence-electron chi connectivity index (χ0n) is 14.9. The molecular weight excluding hydrogens is 355 g/mol. The normalized spacial score (nSPS) is 12.0. The van der Waals surface area contributed by atoms with Crippen LogP contribution in [0.3, 0.4) is 0 Å². The summed E-state index contributed by atoms with van der Waals surface area (Å²) in [5, 5.41) is 14.5. The summed E-state index contributed by atoms with van der Waals surface area (Å²) >= 11 is 0. The summed E-state index contributed by atoms with van der Waals surface area (Å²) in [4.78, 5) is 22.8. The maximum Gasteiger partial charge on any atom is 0.276 e. The molecule has 0 aliphatic carbocycles. The van der Waals surface area contributed by atoms with Gasteiger partial charge in [0, 0.05) is 17.0 Å². The van der Waals surface area contributed by atoms with Crippen LogP contribution in [0.2, 0.25) is 0 Å². The molecule has 3 aromatic rings. The van der Waals surface area contributed by atoms with Gasteiger partial charge < -0.3 is 14.5 Å². The van der Waals surface area contributed by atoms with Crippen molar-refractivity contribution in [3.8, 4) is 5.75 Å². The molecule has 7 nitrogen and oxygen atoms in total. The average Bonchev–Trinajstić information content (AvgIpc) is 3.07. The van der Waals surface area contributed by atoms with E-state index in [-0.39, 0.29) is 11.1 Å². The molecule has 140 valence electrons. The number of furan rings is 1. The van der Waals surface area contributed by atoms with Crippen LogP contribution in [0.1, 0.15) is 34.6 Å². The number of hydrogen-bond acceptors (Lipinski definition) is 5. The van der Waals surface area contributed by atoms with E-state index in [1.807, 2.05) is 12.1 Å². The van der Waals surface area contributed by atoms with Gasteiger partial charge in [-0.1, -0.05) is 12.1 Å². The van der Waals surface area contributed by atoms with E-state index < -0.39 is 28.4 Å². The fourth-order valence-corrected chi connectivity index (χ4v) is 2.77. The van der Waals surface area contributed by atoms with E-state index in [0.29, 0.717) is 17.1 Å². The molecule has 0 aliphatic heterocycles. The number of nitrogens with one attached hydrogen (secondary N) is 1. The first kappa shape index (κ1) is 18.4. The zero-order chi connectivity index (χ0) is 19.7. The molecule has 3 rings (SSSR count). The van der Waals surface area contributed by atoms with Gasteiger partial charge in [-0.3, -0.25) is 14.9 Å². The maximum atomic E-state index is 13.9. The first-order chi connectivity index (χ1) is 12.8. The fraction of sp³-hybridized carbons (Fsp3) is 0.211. The van der Waals surface area contributed by atoms with Gasteiger partial charge >= 0.3 is 0 Å². The number of carbonyl (C=O) groups excluding carboxylic acids is 1. The Morgan fingerprint density at radius 3 is 2.74 bits per heavy atom. The highest BCUT2D eigenvalue weighted by Crippen LogP contribution is 2.31. The monoisotopic (exact) mass is 372 g/mol. The molecule has 1 heterocycles. The lowest BCUT2D eigenvalue weighted by atomic mass is 10.1. The summed E-state index contributed by atoms with van der Waals surface area (Å²) < 4.78 is 24.9. The molecule has 1 atom stereocenters. The van der Waals surface area contributed by atoms with Crippen molar-refractivity contribution in [1.82, 2.24) is 5.32 Å². The van der Waals surface area contributed by atoms with E-state index in [1.165, 1.54) is 14.0 Å². The van der Waals surface area contributed by atoms with E-state index in [9.17, 15) is 19.3 Å². The van der Waals surface area contributed by atoms with Gasteiger partial charge in [0.15, 0.2) is 11.3 Å². The number of hydrogen-bond donors (Lipinski definition) is 1. The van der Waals surface area contributed by atoms with Gasteiger partial charge in [-0.05, 0) is 32.0 Å². The molecule has 27 heavy (non-hydrogen) atoms. The third-order valence-corrected chi connectivity index (χ3v) is 4.30. The van der Waals surface area contributed by atoms with Crippen molar-refractivity contribution in [3.05, 3.63) is 69.2 Å². The molecule has 0 saturated carbocycles. The minimum absolute atomic E-state index is 0.117. The van der Waals surface area contributed by atoms with E-state index in [1.54, 1.807) is 19.1 Å². The fourth-order valence-electron chi connectivity index (χ4n) is 2.77. The van der Waals surface area contributed by atoms with Crippen LogP contribution < -0.4 is 10.1 Å². The number of nitro benzene ring substituents is 1. The van der Waals surface area contributed by atoms with Gasteiger partial charge in [-0.15, -0.1) is 0 Å². The van der Waals surface area contributed by atoms with Crippen molar-refractivity contribution >= 4 is 22.6 Å². The van der Waals surface area contributed by atoms with Crippen LogP contribution in [0.4, 0.5) is 10.1 Å². The largest absolute Gasteiger partial charge is 0.493 e. The van der Waals surface area contributed by atoms with Crippen molar-refractivity contribution in [2.45, 2.75) is 19.9 Å². The van der Waals surface area contributed by atoms with Crippen LogP contribution in [0.25, 0.3) is 11.0 Å². The predicted molar refractivity (Wildman–Crippen MR) is 96.4 cm³/mol. The van der Waals surface area contributed by atoms with Gasteiger partial charge in [0.2, 0.25) is 0 Å². The van der Waals surface area contributed by atoms with Crippen LogP contribution >= 0.6 is 0 Å². The number of amides is 1. The van der Waals surface area contributed by atoms with Crippen LogP contribution in [0, 0.1) is 22.9 Å². The molecule has 1 aromatic heterocycles. The summed E-state index contributed by atoms with van der Waals surface area (Å²) in [6.07, 6.45) is 0. The highest BCUT2D eigenvalue weighted by atomic mass is 19.1. The van der Waals surface area contributed by atoms with Crippen molar-refractivity contribution in [3.63, 3.8) is 0 Å². The van der Waals surface area contributed by atoms with Gasteiger partial charge in [0.1, 0.15) is 11.6 Å². The van der Waals surface area contributed by atoms with E-state index in [0.717, 1.165) is 17.5 Å². The topological polar surface area (TPSA) is 94.6 Å². The molecule has 2 aromatic carbocycles. The third-order valence-electron chi connectivity index (χ3n) is 4.30. The lowest BCUT2D eigenvalue weighted by Crippen LogP contribution is -2.26. The standard InChI is InChI=1S/C19H17FN2O5/c1-10-14(20)7-13(8-15(10)22(24)25)19(23)21-11(2)17-9-12-5-4-6-16(26-3)18(12)27-17/h4-9,11H,1-3H3,(H,21,23). The van der Waals surface area contributed by atoms with Gasteiger partial charge in [0.25, 0.3) is 11.6 Å². The number of methoxy groups -OCH3 is 1. The Morgan fingerprint density at radius 1 is 1.33 bits per heavy atom. The smallest absolute Gasteiger partial charge is 0.276 e. The van der Waals surface area contributed by atoms with Gasteiger partial charge in [0.05, 0.1) is 23.6 Å². The molecule has 0 bridgehead atoms. The average molecular weight is 372 g/mol. The molecule has 0 spiro atoms. The summed E-state index contributed by atoms with van der Waals surface area (Å²) in [5.74, 6) is -0.411. The van der Waals surface area contributed by atoms with E-state index >= 15 is 0 Å². The second-order valence-corrected chi connectivity index (χ2v) is 6.08. The second kappa shape index (κ2) is 7.06.